The first-order chi connectivity index (χ1) is 4.35. The van der Waals surface area contributed by atoms with Gasteiger partial charge in [0.15, 0.2) is 0 Å². The van der Waals surface area contributed by atoms with Gasteiger partial charge in [0.25, 0.3) is 0 Å². The van der Waals surface area contributed by atoms with E-state index in [0.717, 1.165) is 0 Å². The molecular weight excluding hydrogens is 122 g/mol. The van der Waals surface area contributed by atoms with Gasteiger partial charge in [-0.15, -0.1) is 0 Å². The van der Waals surface area contributed by atoms with Crippen LogP contribution in [-0.4, -0.2) is 24.0 Å². The molecular formula is C5H9NO3. The molecule has 0 rings (SSSR count). The highest BCUT2D eigenvalue weighted by atomic mass is 16.3. The Balaban J connectivity index is 3.40. The predicted octanol–water partition coefficient (Wildman–Crippen LogP) is 0.0928. The Labute approximate surface area is 52.8 Å². The van der Waals surface area contributed by atoms with E-state index in [2.05, 4.69) is 5.18 Å². The first kappa shape index (κ1) is 8.23. The van der Waals surface area contributed by atoms with Gasteiger partial charge in [-0.1, -0.05) is 5.18 Å². The van der Waals surface area contributed by atoms with Gasteiger partial charge in [0.05, 0.1) is 0 Å². The van der Waals surface area contributed by atoms with Crippen molar-refractivity contribution in [2.24, 2.45) is 5.18 Å². The van der Waals surface area contributed by atoms with Crippen LogP contribution in [0.25, 0.3) is 0 Å². The highest BCUT2D eigenvalue weighted by molar-refractivity contribution is 5.50. The summed E-state index contributed by atoms with van der Waals surface area (Å²) in [6.45, 7) is -0.0930. The van der Waals surface area contributed by atoms with Crippen molar-refractivity contribution < 1.29 is 9.90 Å². The second-order valence-corrected chi connectivity index (χ2v) is 1.67. The van der Waals surface area contributed by atoms with Crippen molar-refractivity contribution in [2.75, 3.05) is 6.61 Å². The third-order valence-corrected chi connectivity index (χ3v) is 0.980. The van der Waals surface area contributed by atoms with Crippen molar-refractivity contribution in [3.05, 3.63) is 4.91 Å². The van der Waals surface area contributed by atoms with Crippen molar-refractivity contribution in [3.63, 3.8) is 0 Å². The van der Waals surface area contributed by atoms with E-state index in [1.807, 2.05) is 0 Å². The molecule has 0 fully saturated rings. The molecule has 1 unspecified atom stereocenters. The first-order valence-corrected chi connectivity index (χ1v) is 2.72. The van der Waals surface area contributed by atoms with Crippen molar-refractivity contribution in [3.8, 4) is 0 Å². The SMILES string of the molecule is O=CCC(CCO)N=O. The molecule has 0 heterocycles. The van der Waals surface area contributed by atoms with Crippen molar-refractivity contribution >= 4 is 6.29 Å². The Kier molecular flexibility index (Phi) is 4.91. The van der Waals surface area contributed by atoms with Crippen LogP contribution in [0.5, 0.6) is 0 Å². The highest BCUT2D eigenvalue weighted by Gasteiger charge is 2.04. The molecule has 0 aliphatic carbocycles. The Hall–Kier alpha value is -0.770. The molecule has 1 atom stereocenters. The van der Waals surface area contributed by atoms with Gasteiger partial charge in [-0.05, 0) is 6.42 Å². The second kappa shape index (κ2) is 5.37. The van der Waals surface area contributed by atoms with Gasteiger partial charge in [0.2, 0.25) is 0 Å². The molecule has 0 aliphatic rings. The molecule has 1 N–H and O–H groups in total. The number of aliphatic hydroxyl groups excluding tert-OH is 1. The summed E-state index contributed by atoms with van der Waals surface area (Å²) in [7, 11) is 0. The number of aldehydes is 1. The van der Waals surface area contributed by atoms with Crippen LogP contribution < -0.4 is 0 Å². The molecule has 4 heteroatoms. The minimum absolute atomic E-state index is 0.0930. The number of nitrogens with zero attached hydrogens (tertiary/aromatic N) is 1. The zero-order valence-corrected chi connectivity index (χ0v) is 4.99. The van der Waals surface area contributed by atoms with Crippen LogP contribution in [0, 0.1) is 4.91 Å². The smallest absolute Gasteiger partial charge is 0.122 e. The Morgan fingerprint density at radius 1 is 1.67 bits per heavy atom. The standard InChI is InChI=1S/C5H9NO3/c7-3-1-5(6-9)2-4-8/h3,5,8H,1-2,4H2. The quantitative estimate of drug-likeness (QED) is 0.424. The van der Waals surface area contributed by atoms with Crippen LogP contribution in [0.3, 0.4) is 0 Å². The zero-order valence-electron chi connectivity index (χ0n) is 4.99. The number of rotatable bonds is 5. The summed E-state index contributed by atoms with van der Waals surface area (Å²) < 4.78 is 0. The molecule has 0 aliphatic heterocycles. The van der Waals surface area contributed by atoms with Crippen molar-refractivity contribution in [2.45, 2.75) is 18.9 Å². The van der Waals surface area contributed by atoms with E-state index in [1.165, 1.54) is 0 Å². The molecule has 4 nitrogen and oxygen atoms in total. The highest BCUT2D eigenvalue weighted by Crippen LogP contribution is 1.98. The van der Waals surface area contributed by atoms with Gasteiger partial charge < -0.3 is 9.90 Å². The summed E-state index contributed by atoms with van der Waals surface area (Å²) >= 11 is 0. The van der Waals surface area contributed by atoms with E-state index < -0.39 is 6.04 Å². The summed E-state index contributed by atoms with van der Waals surface area (Å²) in [4.78, 5) is 19.5. The lowest BCUT2D eigenvalue weighted by atomic mass is 10.2. The second-order valence-electron chi connectivity index (χ2n) is 1.67. The monoisotopic (exact) mass is 131 g/mol. The van der Waals surface area contributed by atoms with Gasteiger partial charge in [-0.2, -0.15) is 4.91 Å². The van der Waals surface area contributed by atoms with Gasteiger partial charge in [0.1, 0.15) is 12.3 Å². The van der Waals surface area contributed by atoms with Crippen molar-refractivity contribution in [1.29, 1.82) is 0 Å². The number of aliphatic hydroxyl groups is 1. The van der Waals surface area contributed by atoms with E-state index in [0.29, 0.717) is 6.29 Å². The molecule has 52 valence electrons. The van der Waals surface area contributed by atoms with E-state index >= 15 is 0 Å². The summed E-state index contributed by atoms with van der Waals surface area (Å²) in [6, 6.07) is -0.535. The Morgan fingerprint density at radius 2 is 2.33 bits per heavy atom. The molecule has 0 aromatic carbocycles. The van der Waals surface area contributed by atoms with E-state index in [1.54, 1.807) is 0 Å². The molecule has 0 saturated heterocycles. The maximum Gasteiger partial charge on any atom is 0.122 e. The fraction of sp³-hybridized carbons (Fsp3) is 0.800. The number of hydrogen-bond donors (Lipinski definition) is 1. The number of hydrogen-bond acceptors (Lipinski definition) is 4. The Morgan fingerprint density at radius 3 is 2.67 bits per heavy atom. The maximum absolute atomic E-state index is 9.77. The summed E-state index contributed by atoms with van der Waals surface area (Å²) in [6.07, 6.45) is 1.02. The fourth-order valence-corrected chi connectivity index (χ4v) is 0.474. The average molecular weight is 131 g/mol. The number of carbonyl (C=O) groups excluding carboxylic acids is 1. The summed E-state index contributed by atoms with van der Waals surface area (Å²) in [5.74, 6) is 0. The third kappa shape index (κ3) is 3.78. The lowest BCUT2D eigenvalue weighted by Gasteiger charge is -1.98. The van der Waals surface area contributed by atoms with Gasteiger partial charge in [-0.3, -0.25) is 0 Å². The van der Waals surface area contributed by atoms with Crippen LogP contribution in [0.4, 0.5) is 0 Å². The van der Waals surface area contributed by atoms with E-state index in [4.69, 9.17) is 5.11 Å². The topological polar surface area (TPSA) is 66.7 Å². The molecule has 0 saturated carbocycles. The van der Waals surface area contributed by atoms with E-state index in [9.17, 15) is 9.70 Å². The molecule has 0 radical (unpaired) electrons. The zero-order chi connectivity index (χ0) is 7.11. The normalized spacial score (nSPS) is 12.6. The van der Waals surface area contributed by atoms with Crippen LogP contribution in [0.15, 0.2) is 5.18 Å². The largest absolute Gasteiger partial charge is 0.396 e. The predicted molar refractivity (Wildman–Crippen MR) is 32.0 cm³/mol. The van der Waals surface area contributed by atoms with Crippen LogP contribution in [0.2, 0.25) is 0 Å². The van der Waals surface area contributed by atoms with Crippen molar-refractivity contribution in [1.82, 2.24) is 0 Å². The van der Waals surface area contributed by atoms with Gasteiger partial charge >= 0.3 is 0 Å². The molecule has 0 bridgehead atoms. The summed E-state index contributed by atoms with van der Waals surface area (Å²) in [5.41, 5.74) is 0. The average Bonchev–Trinajstić information content (AvgIpc) is 1.88. The van der Waals surface area contributed by atoms with Crippen LogP contribution >= 0.6 is 0 Å². The molecule has 0 spiro atoms. The fourth-order valence-electron chi connectivity index (χ4n) is 0.474. The third-order valence-electron chi connectivity index (χ3n) is 0.980. The minimum Gasteiger partial charge on any atom is -0.396 e. The first-order valence-electron chi connectivity index (χ1n) is 2.72. The minimum atomic E-state index is -0.535. The molecule has 0 amide bonds. The van der Waals surface area contributed by atoms with Gasteiger partial charge in [0, 0.05) is 13.0 Å². The van der Waals surface area contributed by atoms with Crippen LogP contribution in [0.1, 0.15) is 12.8 Å². The molecule has 0 aromatic heterocycles. The maximum atomic E-state index is 9.77. The molecule has 9 heavy (non-hydrogen) atoms. The summed E-state index contributed by atoms with van der Waals surface area (Å²) in [5, 5.41) is 10.9. The number of nitroso groups, excluding NO2 is 1. The van der Waals surface area contributed by atoms with E-state index in [-0.39, 0.29) is 19.4 Å². The lowest BCUT2D eigenvalue weighted by Crippen LogP contribution is -2.06. The van der Waals surface area contributed by atoms with Crippen LogP contribution in [-0.2, 0) is 4.79 Å². The number of carbonyl (C=O) groups is 1. The lowest BCUT2D eigenvalue weighted by molar-refractivity contribution is -0.108. The van der Waals surface area contributed by atoms with Gasteiger partial charge in [-0.25, -0.2) is 0 Å². The Bertz CT molecular complexity index is 94.2. The molecule has 0 aromatic rings.